The highest BCUT2D eigenvalue weighted by atomic mass is 32.2. The lowest BCUT2D eigenvalue weighted by Gasteiger charge is -2.13. The van der Waals surface area contributed by atoms with E-state index < -0.39 is 0 Å². The summed E-state index contributed by atoms with van der Waals surface area (Å²) in [6, 6.07) is -0.0410. The van der Waals surface area contributed by atoms with E-state index in [-0.39, 0.29) is 24.6 Å². The number of unbranched alkanes of at least 4 members (excludes halogenated alkanes) is 1. The molecule has 5 heteroatoms. The lowest BCUT2D eigenvalue weighted by atomic mass is 10.1. The first-order valence-electron chi connectivity index (χ1n) is 6.08. The van der Waals surface area contributed by atoms with Crippen molar-refractivity contribution in [2.24, 2.45) is 5.92 Å². The molecule has 2 amide bonds. The summed E-state index contributed by atoms with van der Waals surface area (Å²) in [6.45, 7) is 0.886. The van der Waals surface area contributed by atoms with Gasteiger partial charge in [-0.1, -0.05) is 12.2 Å². The molecule has 0 unspecified atom stereocenters. The van der Waals surface area contributed by atoms with Crippen LogP contribution in [0, 0.1) is 5.92 Å². The first-order valence-corrected chi connectivity index (χ1v) is 7.48. The average Bonchev–Trinajstić information content (AvgIpc) is 2.76. The van der Waals surface area contributed by atoms with Crippen LogP contribution in [0.15, 0.2) is 12.2 Å². The van der Waals surface area contributed by atoms with Crippen molar-refractivity contribution in [1.82, 2.24) is 10.6 Å². The Morgan fingerprint density at radius 1 is 1.47 bits per heavy atom. The van der Waals surface area contributed by atoms with Gasteiger partial charge in [0.25, 0.3) is 0 Å². The Labute approximate surface area is 107 Å². The highest BCUT2D eigenvalue weighted by molar-refractivity contribution is 7.98. The third kappa shape index (κ3) is 5.98. The average molecular weight is 258 g/mol. The minimum Gasteiger partial charge on any atom is -0.396 e. The summed E-state index contributed by atoms with van der Waals surface area (Å²) in [7, 11) is 0. The van der Waals surface area contributed by atoms with E-state index in [4.69, 9.17) is 5.11 Å². The number of hydrogen-bond acceptors (Lipinski definition) is 3. The van der Waals surface area contributed by atoms with Crippen LogP contribution in [0.4, 0.5) is 4.79 Å². The van der Waals surface area contributed by atoms with E-state index in [0.717, 1.165) is 31.6 Å². The molecular weight excluding hydrogens is 236 g/mol. The lowest BCUT2D eigenvalue weighted by Crippen LogP contribution is -2.41. The molecule has 3 N–H and O–H groups in total. The van der Waals surface area contributed by atoms with Gasteiger partial charge >= 0.3 is 6.03 Å². The number of aliphatic hydroxyl groups excluding tert-OH is 1. The Balaban J connectivity index is 2.04. The number of urea groups is 1. The van der Waals surface area contributed by atoms with E-state index in [1.165, 1.54) is 0 Å². The van der Waals surface area contributed by atoms with E-state index in [2.05, 4.69) is 16.9 Å². The van der Waals surface area contributed by atoms with Gasteiger partial charge in [-0.05, 0) is 31.3 Å². The molecule has 0 aliphatic heterocycles. The predicted octanol–water partition coefficient (Wildman–Crippen LogP) is 1.37. The van der Waals surface area contributed by atoms with E-state index in [9.17, 15) is 4.79 Å². The number of thioether (sulfide) groups is 1. The maximum Gasteiger partial charge on any atom is 0.315 e. The van der Waals surface area contributed by atoms with Gasteiger partial charge in [0.1, 0.15) is 0 Å². The number of rotatable bonds is 7. The van der Waals surface area contributed by atoms with Gasteiger partial charge in [0.05, 0.1) is 0 Å². The molecule has 0 saturated heterocycles. The van der Waals surface area contributed by atoms with Crippen LogP contribution in [0.1, 0.15) is 19.3 Å². The van der Waals surface area contributed by atoms with E-state index in [0.29, 0.717) is 0 Å². The lowest BCUT2D eigenvalue weighted by molar-refractivity contribution is 0.231. The van der Waals surface area contributed by atoms with E-state index >= 15 is 0 Å². The second-order valence-corrected chi connectivity index (χ2v) is 5.26. The summed E-state index contributed by atoms with van der Waals surface area (Å²) in [5.74, 6) is 1.34. The number of nitrogens with one attached hydrogen (secondary N) is 2. The smallest absolute Gasteiger partial charge is 0.315 e. The molecule has 0 aromatic carbocycles. The van der Waals surface area contributed by atoms with Gasteiger partial charge in [-0.3, -0.25) is 0 Å². The van der Waals surface area contributed by atoms with Crippen LogP contribution < -0.4 is 10.6 Å². The molecule has 0 bridgehead atoms. The van der Waals surface area contributed by atoms with Crippen molar-refractivity contribution in [3.8, 4) is 0 Å². The summed E-state index contributed by atoms with van der Waals surface area (Å²) in [6.07, 6.45) is 8.96. The molecule has 0 fully saturated rings. The molecule has 1 aliphatic rings. The molecule has 4 nitrogen and oxygen atoms in total. The summed E-state index contributed by atoms with van der Waals surface area (Å²) >= 11 is 1.83. The first-order chi connectivity index (χ1) is 8.26. The molecule has 0 radical (unpaired) electrons. The summed E-state index contributed by atoms with van der Waals surface area (Å²) in [5.41, 5.74) is 0. The fraction of sp³-hybridized carbons (Fsp3) is 0.750. The van der Waals surface area contributed by atoms with Gasteiger partial charge in [-0.25, -0.2) is 4.79 Å². The van der Waals surface area contributed by atoms with Gasteiger partial charge < -0.3 is 15.7 Å². The zero-order valence-electron chi connectivity index (χ0n) is 10.3. The Bertz CT molecular complexity index is 259. The van der Waals surface area contributed by atoms with Gasteiger partial charge in [0.2, 0.25) is 0 Å². The zero-order valence-corrected chi connectivity index (χ0v) is 11.1. The summed E-state index contributed by atoms with van der Waals surface area (Å²) in [4.78, 5) is 11.5. The zero-order chi connectivity index (χ0) is 12.5. The molecule has 0 aromatic rings. The SMILES string of the molecule is CSCCCCNC(=O)N[C@@H]1C=C[C@H](CO)C1. The molecule has 98 valence electrons. The largest absolute Gasteiger partial charge is 0.396 e. The van der Waals surface area contributed by atoms with Crippen molar-refractivity contribution in [3.05, 3.63) is 12.2 Å². The molecule has 1 rings (SSSR count). The fourth-order valence-electron chi connectivity index (χ4n) is 1.81. The molecular formula is C12H22N2O2S. The molecule has 1 aliphatic carbocycles. The van der Waals surface area contributed by atoms with Crippen LogP contribution in [0.5, 0.6) is 0 Å². The Morgan fingerprint density at radius 2 is 2.29 bits per heavy atom. The standard InChI is InChI=1S/C12H22N2O2S/c1-17-7-3-2-6-13-12(16)14-11-5-4-10(8-11)9-15/h4-5,10-11,15H,2-3,6-9H2,1H3,(H2,13,14,16)/t10-,11+/m0/s1. The maximum atomic E-state index is 11.5. The van der Waals surface area contributed by atoms with Crippen molar-refractivity contribution in [1.29, 1.82) is 0 Å². The second-order valence-electron chi connectivity index (χ2n) is 4.27. The van der Waals surface area contributed by atoms with Gasteiger partial charge in [0.15, 0.2) is 0 Å². The van der Waals surface area contributed by atoms with Crippen LogP contribution in [0.25, 0.3) is 0 Å². The van der Waals surface area contributed by atoms with Gasteiger partial charge in [0, 0.05) is 25.1 Å². The third-order valence-corrected chi connectivity index (χ3v) is 3.48. The number of carbonyl (C=O) groups excluding carboxylic acids is 1. The number of hydrogen-bond donors (Lipinski definition) is 3. The van der Waals surface area contributed by atoms with E-state index in [1.54, 1.807) is 0 Å². The third-order valence-electron chi connectivity index (χ3n) is 2.78. The first kappa shape index (κ1) is 14.4. The molecule has 0 saturated carbocycles. The van der Waals surface area contributed by atoms with Crippen molar-refractivity contribution in [3.63, 3.8) is 0 Å². The minimum atomic E-state index is -0.109. The Hall–Kier alpha value is -0.680. The topological polar surface area (TPSA) is 61.4 Å². The number of aliphatic hydroxyl groups is 1. The number of amides is 2. The maximum absolute atomic E-state index is 11.5. The molecule has 0 heterocycles. The van der Waals surface area contributed by atoms with E-state index in [1.807, 2.05) is 23.9 Å². The summed E-state index contributed by atoms with van der Waals surface area (Å²) < 4.78 is 0. The fourth-order valence-corrected chi connectivity index (χ4v) is 2.30. The monoisotopic (exact) mass is 258 g/mol. The molecule has 2 atom stereocenters. The van der Waals surface area contributed by atoms with Crippen LogP contribution >= 0.6 is 11.8 Å². The minimum absolute atomic E-state index is 0.0679. The molecule has 0 aromatic heterocycles. The predicted molar refractivity (Wildman–Crippen MR) is 72.3 cm³/mol. The highest BCUT2D eigenvalue weighted by Crippen LogP contribution is 2.16. The molecule has 0 spiro atoms. The van der Waals surface area contributed by atoms with Crippen molar-refractivity contribution in [2.45, 2.75) is 25.3 Å². The number of carbonyl (C=O) groups is 1. The van der Waals surface area contributed by atoms with Crippen LogP contribution in [-0.2, 0) is 0 Å². The Kier molecular flexibility index (Phi) is 7.12. The van der Waals surface area contributed by atoms with Gasteiger partial charge in [-0.15, -0.1) is 0 Å². The normalized spacial score (nSPS) is 22.7. The second kappa shape index (κ2) is 8.42. The van der Waals surface area contributed by atoms with Gasteiger partial charge in [-0.2, -0.15) is 11.8 Å². The van der Waals surface area contributed by atoms with Crippen molar-refractivity contribution >= 4 is 17.8 Å². The van der Waals surface area contributed by atoms with Crippen molar-refractivity contribution in [2.75, 3.05) is 25.2 Å². The van der Waals surface area contributed by atoms with Crippen molar-refractivity contribution < 1.29 is 9.90 Å². The quantitative estimate of drug-likeness (QED) is 0.477. The highest BCUT2D eigenvalue weighted by Gasteiger charge is 2.19. The summed E-state index contributed by atoms with van der Waals surface area (Å²) in [5, 5.41) is 14.7. The van der Waals surface area contributed by atoms with Crippen LogP contribution in [0.3, 0.4) is 0 Å². The van der Waals surface area contributed by atoms with Crippen LogP contribution in [0.2, 0.25) is 0 Å². The van der Waals surface area contributed by atoms with Crippen LogP contribution in [-0.4, -0.2) is 42.3 Å². The molecule has 17 heavy (non-hydrogen) atoms. The Morgan fingerprint density at radius 3 is 2.94 bits per heavy atom.